The molecule has 0 bridgehead atoms. The van der Waals surface area contributed by atoms with Gasteiger partial charge in [-0.25, -0.2) is 4.28 Å². The maximum atomic E-state index is 9.43. The molecule has 0 fully saturated rings. The third-order valence-electron chi connectivity index (χ3n) is 0.147. The Bertz CT molecular complexity index is 145. The zero-order valence-electron chi connectivity index (χ0n) is 3.23. The van der Waals surface area contributed by atoms with Crippen molar-refractivity contribution >= 4 is 17.1 Å². The van der Waals surface area contributed by atoms with Crippen LogP contribution in [0.15, 0.2) is 5.16 Å². The van der Waals surface area contributed by atoms with Crippen LogP contribution in [0, 0.1) is 0 Å². The lowest BCUT2D eigenvalue weighted by molar-refractivity contribution is 0.285. The van der Waals surface area contributed by atoms with Crippen molar-refractivity contribution < 1.29 is 17.3 Å². The highest BCUT2D eigenvalue weighted by Crippen LogP contribution is 1.81. The van der Waals surface area contributed by atoms with Gasteiger partial charge >= 0.3 is 10.4 Å². The minimum absolute atomic E-state index is 2.42. The fourth-order valence-corrected chi connectivity index (χ4v) is 0.200. The fraction of sp³-hybridized carbons (Fsp3) is 0. The largest absolute Gasteiger partial charge is 0.466 e. The number of nitrogens with zero attached hydrogens (tertiary/aromatic N) is 1. The Morgan fingerprint density at radius 2 is 2.14 bits per heavy atom. The van der Waals surface area contributed by atoms with Crippen LogP contribution in [-0.2, 0) is 14.7 Å². The summed E-state index contributed by atoms with van der Waals surface area (Å²) in [7, 11) is -4.40. The van der Waals surface area contributed by atoms with E-state index in [1.165, 1.54) is 0 Å². The first kappa shape index (κ1) is 6.38. The van der Waals surface area contributed by atoms with Crippen molar-refractivity contribution in [2.24, 2.45) is 5.16 Å². The van der Waals surface area contributed by atoms with E-state index in [0.717, 1.165) is 0 Å². The van der Waals surface area contributed by atoms with Crippen LogP contribution < -0.4 is 0 Å². The molecule has 0 rings (SSSR count). The van der Waals surface area contributed by atoms with Gasteiger partial charge in [0.15, 0.2) is 0 Å². The Morgan fingerprint density at radius 3 is 2.14 bits per heavy atom. The van der Waals surface area contributed by atoms with E-state index in [9.17, 15) is 8.42 Å². The van der Waals surface area contributed by atoms with Gasteiger partial charge in [-0.15, -0.1) is 0 Å². The second-order valence-electron chi connectivity index (χ2n) is 0.631. The molecule has 0 atom stereocenters. The zero-order chi connectivity index (χ0) is 5.91. The Labute approximate surface area is 40.5 Å². The van der Waals surface area contributed by atoms with Gasteiger partial charge in [-0.1, -0.05) is 5.16 Å². The van der Waals surface area contributed by atoms with Crippen LogP contribution in [0.1, 0.15) is 0 Å². The molecular weight excluding hydrogens is 122 g/mol. The molecule has 0 aliphatic rings. The molecule has 0 unspecified atom stereocenters. The summed E-state index contributed by atoms with van der Waals surface area (Å²) in [6.45, 7) is 2.63. The molecule has 0 spiro atoms. The first-order valence-electron chi connectivity index (χ1n) is 1.18. The molecule has 0 aliphatic heterocycles. The SMILES string of the molecule is C=NOS(=O)(=O)O. The van der Waals surface area contributed by atoms with E-state index in [4.69, 9.17) is 4.55 Å². The van der Waals surface area contributed by atoms with Crippen molar-refractivity contribution in [1.29, 1.82) is 0 Å². The molecule has 0 heterocycles. The minimum atomic E-state index is -4.40. The van der Waals surface area contributed by atoms with E-state index in [1.54, 1.807) is 0 Å². The van der Waals surface area contributed by atoms with E-state index in [2.05, 4.69) is 16.2 Å². The van der Waals surface area contributed by atoms with Crippen molar-refractivity contribution in [3.05, 3.63) is 0 Å². The fourth-order valence-electron chi connectivity index (χ4n) is 0.0666. The first-order valence-corrected chi connectivity index (χ1v) is 2.55. The van der Waals surface area contributed by atoms with Gasteiger partial charge in [0.1, 0.15) is 0 Å². The summed E-state index contributed by atoms with van der Waals surface area (Å²) in [5, 5.41) is 2.42. The molecule has 0 amide bonds. The summed E-state index contributed by atoms with van der Waals surface area (Å²) in [5.41, 5.74) is 0. The second-order valence-corrected chi connectivity index (χ2v) is 1.64. The Kier molecular flexibility index (Phi) is 1.73. The van der Waals surface area contributed by atoms with Gasteiger partial charge in [-0.2, -0.15) is 8.42 Å². The predicted molar refractivity (Wildman–Crippen MR) is 22.2 cm³/mol. The molecule has 0 aliphatic carbocycles. The molecule has 0 aromatic heterocycles. The Morgan fingerprint density at radius 1 is 1.71 bits per heavy atom. The highest BCUT2D eigenvalue weighted by Gasteiger charge is 1.98. The molecule has 6 heteroatoms. The first-order chi connectivity index (χ1) is 3.06. The van der Waals surface area contributed by atoms with E-state index in [0.29, 0.717) is 0 Å². The van der Waals surface area contributed by atoms with Crippen LogP contribution in [0.4, 0.5) is 0 Å². The summed E-state index contributed by atoms with van der Waals surface area (Å²) in [6.07, 6.45) is 0. The molecule has 0 aromatic rings. The average molecular weight is 125 g/mol. The van der Waals surface area contributed by atoms with Crippen LogP contribution >= 0.6 is 0 Å². The van der Waals surface area contributed by atoms with Crippen LogP contribution in [0.2, 0.25) is 0 Å². The maximum Gasteiger partial charge on any atom is 0.466 e. The van der Waals surface area contributed by atoms with E-state index < -0.39 is 10.4 Å². The summed E-state index contributed by atoms with van der Waals surface area (Å²) in [4.78, 5) is 0. The van der Waals surface area contributed by atoms with Crippen LogP contribution in [0.5, 0.6) is 0 Å². The van der Waals surface area contributed by atoms with Gasteiger partial charge in [0, 0.05) is 6.72 Å². The Hall–Kier alpha value is -0.620. The molecule has 0 saturated heterocycles. The number of hydrogen-bond donors (Lipinski definition) is 1. The molecule has 5 nitrogen and oxygen atoms in total. The average Bonchev–Trinajstić information content (AvgIpc) is 1.30. The van der Waals surface area contributed by atoms with Crippen molar-refractivity contribution in [1.82, 2.24) is 0 Å². The summed E-state index contributed by atoms with van der Waals surface area (Å²) >= 11 is 0. The number of hydrogen-bond acceptors (Lipinski definition) is 4. The third-order valence-corrected chi connectivity index (χ3v) is 0.441. The smallest absolute Gasteiger partial charge is 0.253 e. The van der Waals surface area contributed by atoms with Crippen LogP contribution in [0.3, 0.4) is 0 Å². The predicted octanol–water partition coefficient (Wildman–Crippen LogP) is -0.579. The van der Waals surface area contributed by atoms with Crippen molar-refractivity contribution in [3.8, 4) is 0 Å². The monoisotopic (exact) mass is 125 g/mol. The van der Waals surface area contributed by atoms with Crippen LogP contribution in [-0.4, -0.2) is 19.7 Å². The van der Waals surface area contributed by atoms with Gasteiger partial charge in [-0.3, -0.25) is 4.55 Å². The molecule has 1 N–H and O–H groups in total. The number of rotatable bonds is 2. The van der Waals surface area contributed by atoms with Gasteiger partial charge in [0.25, 0.3) is 0 Å². The maximum absolute atomic E-state index is 9.43. The zero-order valence-corrected chi connectivity index (χ0v) is 4.05. The molecule has 0 radical (unpaired) electrons. The second kappa shape index (κ2) is 1.90. The Balaban J connectivity index is 3.84. The van der Waals surface area contributed by atoms with Crippen molar-refractivity contribution in [3.63, 3.8) is 0 Å². The van der Waals surface area contributed by atoms with Gasteiger partial charge < -0.3 is 0 Å². The van der Waals surface area contributed by atoms with Gasteiger partial charge in [0.2, 0.25) is 0 Å². The quantitative estimate of drug-likeness (QED) is 0.304. The summed E-state index contributed by atoms with van der Waals surface area (Å²) < 4.78 is 29.8. The number of oxime groups is 1. The molecular formula is CH3NO4S. The molecule has 7 heavy (non-hydrogen) atoms. The lowest BCUT2D eigenvalue weighted by Gasteiger charge is -1.84. The molecule has 0 aromatic carbocycles. The van der Waals surface area contributed by atoms with Crippen molar-refractivity contribution in [2.45, 2.75) is 0 Å². The third kappa shape index (κ3) is 5.38. The van der Waals surface area contributed by atoms with Crippen LogP contribution in [0.25, 0.3) is 0 Å². The summed E-state index contributed by atoms with van der Waals surface area (Å²) in [6, 6.07) is 0. The highest BCUT2D eigenvalue weighted by atomic mass is 32.3. The highest BCUT2D eigenvalue weighted by molar-refractivity contribution is 7.80. The van der Waals surface area contributed by atoms with E-state index in [-0.39, 0.29) is 0 Å². The summed E-state index contributed by atoms with van der Waals surface area (Å²) in [5.74, 6) is 0. The van der Waals surface area contributed by atoms with Gasteiger partial charge in [0.05, 0.1) is 0 Å². The lowest BCUT2D eigenvalue weighted by atomic mass is 11.8. The van der Waals surface area contributed by atoms with Crippen molar-refractivity contribution in [2.75, 3.05) is 0 Å². The minimum Gasteiger partial charge on any atom is -0.253 e. The van der Waals surface area contributed by atoms with E-state index >= 15 is 0 Å². The lowest BCUT2D eigenvalue weighted by Crippen LogP contribution is -1.96. The standard InChI is InChI=1S/CH3NO4S/c1-2-6-7(3,4)5/h1H2,(H,3,4,5). The molecule has 0 saturated carbocycles. The topological polar surface area (TPSA) is 76.0 Å². The normalized spacial score (nSPS) is 10.4. The molecule has 42 valence electrons. The van der Waals surface area contributed by atoms with E-state index in [1.807, 2.05) is 0 Å². The van der Waals surface area contributed by atoms with Gasteiger partial charge in [-0.05, 0) is 0 Å².